The van der Waals surface area contributed by atoms with Crippen LogP contribution < -0.4 is 4.74 Å². The van der Waals surface area contributed by atoms with E-state index in [9.17, 15) is 0 Å². The Balaban J connectivity index is 2.08. The fourth-order valence-corrected chi connectivity index (χ4v) is 4.45. The number of hydrogen-bond donors (Lipinski definition) is 0. The highest BCUT2D eigenvalue weighted by molar-refractivity contribution is 9.10. The second-order valence-electron chi connectivity index (χ2n) is 4.90. The summed E-state index contributed by atoms with van der Waals surface area (Å²) in [5, 5.41) is 3.16. The van der Waals surface area contributed by atoms with Crippen molar-refractivity contribution in [2.24, 2.45) is 0 Å². The number of alkyl halides is 1. The van der Waals surface area contributed by atoms with Crippen LogP contribution in [0.3, 0.4) is 0 Å². The lowest BCUT2D eigenvalue weighted by atomic mass is 10.0. The van der Waals surface area contributed by atoms with Crippen molar-refractivity contribution < 1.29 is 4.74 Å². The fraction of sp³-hybridized carbons (Fsp3) is 0.176. The van der Waals surface area contributed by atoms with Crippen molar-refractivity contribution in [3.8, 4) is 5.75 Å². The Labute approximate surface area is 141 Å². The van der Waals surface area contributed by atoms with Crippen LogP contribution in [0.1, 0.15) is 22.1 Å². The normalized spacial score (nSPS) is 12.6. The number of halogens is 2. The summed E-state index contributed by atoms with van der Waals surface area (Å²) in [4.78, 5) is 0. The van der Waals surface area contributed by atoms with Crippen LogP contribution in [-0.4, -0.2) is 7.11 Å². The molecule has 0 aliphatic heterocycles. The van der Waals surface area contributed by atoms with Crippen molar-refractivity contribution in [1.29, 1.82) is 0 Å². The summed E-state index contributed by atoms with van der Waals surface area (Å²) in [5.41, 5.74) is 3.31. The summed E-state index contributed by atoms with van der Waals surface area (Å²) in [6.07, 6.45) is 0. The third-order valence-electron chi connectivity index (χ3n) is 3.58. The van der Waals surface area contributed by atoms with Gasteiger partial charge in [0.15, 0.2) is 0 Å². The second kappa shape index (κ2) is 5.99. The molecule has 0 radical (unpaired) electrons. The molecule has 0 spiro atoms. The van der Waals surface area contributed by atoms with Crippen LogP contribution in [0, 0.1) is 6.92 Å². The zero-order valence-electron chi connectivity index (χ0n) is 11.7. The van der Waals surface area contributed by atoms with Crippen molar-refractivity contribution in [3.05, 3.63) is 62.9 Å². The first-order valence-electron chi connectivity index (χ1n) is 6.56. The third-order valence-corrected chi connectivity index (χ3v) is 6.04. The van der Waals surface area contributed by atoms with Crippen molar-refractivity contribution in [2.75, 3.05) is 7.11 Å². The minimum absolute atomic E-state index is 0.178. The Kier molecular flexibility index (Phi) is 4.25. The van der Waals surface area contributed by atoms with Gasteiger partial charge in [0.1, 0.15) is 5.75 Å². The lowest BCUT2D eigenvalue weighted by molar-refractivity contribution is 0.411. The Morgan fingerprint density at radius 3 is 2.81 bits per heavy atom. The van der Waals surface area contributed by atoms with Crippen LogP contribution in [0.5, 0.6) is 5.75 Å². The van der Waals surface area contributed by atoms with Gasteiger partial charge in [-0.15, -0.1) is 22.9 Å². The zero-order chi connectivity index (χ0) is 15.0. The maximum absolute atomic E-state index is 6.72. The molecular weight excluding hydrogens is 368 g/mol. The topological polar surface area (TPSA) is 9.23 Å². The molecule has 108 valence electrons. The molecule has 0 saturated heterocycles. The minimum atomic E-state index is -0.178. The van der Waals surface area contributed by atoms with Crippen molar-refractivity contribution in [1.82, 2.24) is 0 Å². The number of methoxy groups -OCH3 is 1. The Morgan fingerprint density at radius 1 is 1.24 bits per heavy atom. The first-order valence-corrected chi connectivity index (χ1v) is 8.67. The van der Waals surface area contributed by atoms with E-state index in [1.165, 1.54) is 10.1 Å². The van der Waals surface area contributed by atoms with Crippen LogP contribution in [0.25, 0.3) is 10.1 Å². The number of rotatable bonds is 3. The number of ether oxygens (including phenoxy) is 1. The van der Waals surface area contributed by atoms with Gasteiger partial charge >= 0.3 is 0 Å². The molecular formula is C17H14BrClOS. The van der Waals surface area contributed by atoms with Crippen LogP contribution in [0.2, 0.25) is 0 Å². The molecule has 0 N–H and O–H groups in total. The average molecular weight is 382 g/mol. The van der Waals surface area contributed by atoms with Crippen LogP contribution in [0.4, 0.5) is 0 Å². The molecule has 1 aromatic heterocycles. The summed E-state index contributed by atoms with van der Waals surface area (Å²) in [6.45, 7) is 2.03. The lowest BCUT2D eigenvalue weighted by Gasteiger charge is -2.12. The maximum Gasteiger partial charge on any atom is 0.122 e. The molecule has 0 saturated carbocycles. The largest absolute Gasteiger partial charge is 0.496 e. The van der Waals surface area contributed by atoms with E-state index in [0.717, 1.165) is 26.9 Å². The average Bonchev–Trinajstić information content (AvgIpc) is 2.92. The summed E-state index contributed by atoms with van der Waals surface area (Å²) >= 11 is 12.0. The predicted molar refractivity (Wildman–Crippen MR) is 95.0 cm³/mol. The van der Waals surface area contributed by atoms with E-state index in [4.69, 9.17) is 16.3 Å². The summed E-state index contributed by atoms with van der Waals surface area (Å²) in [6, 6.07) is 12.4. The molecule has 0 amide bonds. The molecule has 0 bridgehead atoms. The van der Waals surface area contributed by atoms with Gasteiger partial charge in [0.2, 0.25) is 0 Å². The molecule has 1 nitrogen and oxygen atoms in total. The molecule has 4 heteroatoms. The molecule has 1 heterocycles. The van der Waals surface area contributed by atoms with Crippen molar-refractivity contribution in [3.63, 3.8) is 0 Å². The van der Waals surface area contributed by atoms with Gasteiger partial charge in [-0.25, -0.2) is 0 Å². The summed E-state index contributed by atoms with van der Waals surface area (Å²) in [7, 11) is 1.69. The number of aryl methyl sites for hydroxylation is 1. The molecule has 1 atom stereocenters. The molecule has 1 unspecified atom stereocenters. The molecule has 3 aromatic rings. The molecule has 0 fully saturated rings. The van der Waals surface area contributed by atoms with E-state index < -0.39 is 0 Å². The summed E-state index contributed by atoms with van der Waals surface area (Å²) in [5.74, 6) is 0.874. The Bertz CT molecular complexity index is 797. The minimum Gasteiger partial charge on any atom is -0.496 e. The van der Waals surface area contributed by atoms with Gasteiger partial charge in [-0.2, -0.15) is 0 Å². The van der Waals surface area contributed by atoms with Gasteiger partial charge in [0.05, 0.1) is 12.5 Å². The van der Waals surface area contributed by atoms with Gasteiger partial charge in [0.25, 0.3) is 0 Å². The smallest absolute Gasteiger partial charge is 0.122 e. The van der Waals surface area contributed by atoms with E-state index in [-0.39, 0.29) is 5.38 Å². The molecule has 2 aromatic carbocycles. The summed E-state index contributed by atoms with van der Waals surface area (Å²) < 4.78 is 7.74. The van der Waals surface area contributed by atoms with Gasteiger partial charge in [-0.3, -0.25) is 0 Å². The van der Waals surface area contributed by atoms with E-state index in [1.54, 1.807) is 18.4 Å². The fourth-order valence-electron chi connectivity index (χ4n) is 2.41. The predicted octanol–water partition coefficient (Wildman–Crippen LogP) is 6.31. The van der Waals surface area contributed by atoms with Gasteiger partial charge in [0, 0.05) is 9.17 Å². The second-order valence-corrected chi connectivity index (χ2v) is 7.07. The van der Waals surface area contributed by atoms with E-state index in [0.29, 0.717) is 0 Å². The van der Waals surface area contributed by atoms with Crippen LogP contribution in [-0.2, 0) is 0 Å². The number of hydrogen-bond acceptors (Lipinski definition) is 2. The standard InChI is InChI=1S/C17H14BrClOS/c1-10-6-7-11(8-15(10)20-2)16(19)13-9-21-17-12(13)4-3-5-14(17)18/h3-9,16H,1-2H3. The first kappa shape index (κ1) is 14.9. The molecule has 0 aliphatic rings. The van der Waals surface area contributed by atoms with Gasteiger partial charge < -0.3 is 4.74 Å². The van der Waals surface area contributed by atoms with Gasteiger partial charge in [-0.1, -0.05) is 24.3 Å². The number of thiophene rings is 1. The highest BCUT2D eigenvalue weighted by Crippen LogP contribution is 2.40. The Morgan fingerprint density at radius 2 is 2.05 bits per heavy atom. The number of benzene rings is 2. The van der Waals surface area contributed by atoms with E-state index >= 15 is 0 Å². The molecule has 3 rings (SSSR count). The third kappa shape index (κ3) is 2.70. The SMILES string of the molecule is COc1cc(C(Cl)c2csc3c(Br)cccc23)ccc1C. The van der Waals surface area contributed by atoms with Crippen molar-refractivity contribution >= 4 is 49.0 Å². The first-order chi connectivity index (χ1) is 10.1. The quantitative estimate of drug-likeness (QED) is 0.483. The Hall–Kier alpha value is -1.03. The molecule has 0 aliphatic carbocycles. The lowest BCUT2D eigenvalue weighted by Crippen LogP contribution is -1.95. The maximum atomic E-state index is 6.72. The van der Waals surface area contributed by atoms with E-state index in [1.807, 2.05) is 25.1 Å². The zero-order valence-corrected chi connectivity index (χ0v) is 14.8. The monoisotopic (exact) mass is 380 g/mol. The van der Waals surface area contributed by atoms with Crippen LogP contribution in [0.15, 0.2) is 46.3 Å². The molecule has 21 heavy (non-hydrogen) atoms. The van der Waals surface area contributed by atoms with Gasteiger partial charge in [-0.05, 0) is 62.4 Å². The highest BCUT2D eigenvalue weighted by Gasteiger charge is 2.17. The number of fused-ring (bicyclic) bond motifs is 1. The van der Waals surface area contributed by atoms with Crippen molar-refractivity contribution in [2.45, 2.75) is 12.3 Å². The highest BCUT2D eigenvalue weighted by atomic mass is 79.9. The van der Waals surface area contributed by atoms with Crippen LogP contribution >= 0.6 is 38.9 Å². The van der Waals surface area contributed by atoms with E-state index in [2.05, 4.69) is 39.5 Å².